The summed E-state index contributed by atoms with van der Waals surface area (Å²) in [5.74, 6) is 9.26. The maximum atomic E-state index is 11.6. The van der Waals surface area contributed by atoms with Crippen molar-refractivity contribution in [2.24, 2.45) is 17.3 Å². The van der Waals surface area contributed by atoms with Gasteiger partial charge in [0.1, 0.15) is 11.4 Å². The van der Waals surface area contributed by atoms with Crippen molar-refractivity contribution in [3.63, 3.8) is 0 Å². The zero-order valence-corrected chi connectivity index (χ0v) is 22.6. The second kappa shape index (κ2) is 8.74. The van der Waals surface area contributed by atoms with E-state index in [1.165, 1.54) is 17.5 Å². The average Bonchev–Trinajstić information content (AvgIpc) is 3.01. The molecular formula is C29H44O3Si. The molecule has 0 aromatic heterocycles. The topological polar surface area (TPSA) is 49.7 Å². The fourth-order valence-electron chi connectivity index (χ4n) is 6.67. The van der Waals surface area contributed by atoms with Gasteiger partial charge >= 0.3 is 0 Å². The molecule has 0 unspecified atom stereocenters. The van der Waals surface area contributed by atoms with Crippen molar-refractivity contribution in [3.8, 4) is 17.6 Å². The summed E-state index contributed by atoms with van der Waals surface area (Å²) < 4.78 is 6.61. The molecule has 2 N–H and O–H groups in total. The number of hydrogen-bond acceptors (Lipinski definition) is 3. The van der Waals surface area contributed by atoms with Crippen molar-refractivity contribution in [2.45, 2.75) is 109 Å². The average molecular weight is 469 g/mol. The fraction of sp³-hybridized carbons (Fsp3) is 0.724. The van der Waals surface area contributed by atoms with Crippen LogP contribution in [0.15, 0.2) is 18.2 Å². The Balaban J connectivity index is 1.54. The molecule has 3 nitrogen and oxygen atoms in total. The van der Waals surface area contributed by atoms with Crippen molar-refractivity contribution < 1.29 is 14.6 Å². The monoisotopic (exact) mass is 468 g/mol. The van der Waals surface area contributed by atoms with Gasteiger partial charge in [0, 0.05) is 18.4 Å². The lowest BCUT2D eigenvalue weighted by Crippen LogP contribution is -2.50. The van der Waals surface area contributed by atoms with E-state index >= 15 is 0 Å². The maximum Gasteiger partial charge on any atom is 0.250 e. The molecule has 4 heteroatoms. The second-order valence-electron chi connectivity index (χ2n) is 12.6. The van der Waals surface area contributed by atoms with Gasteiger partial charge in [-0.15, -0.1) is 5.92 Å². The fourth-order valence-corrected chi connectivity index (χ4v) is 7.69. The van der Waals surface area contributed by atoms with Gasteiger partial charge in [-0.25, -0.2) is 0 Å². The van der Waals surface area contributed by atoms with E-state index in [-0.39, 0.29) is 17.1 Å². The molecule has 0 saturated heterocycles. The number of aryl methyl sites for hydroxylation is 1. The van der Waals surface area contributed by atoms with Crippen LogP contribution in [-0.4, -0.2) is 30.7 Å². The molecular weight excluding hydrogens is 424 g/mol. The third kappa shape index (κ3) is 4.30. The van der Waals surface area contributed by atoms with E-state index in [1.807, 2.05) is 0 Å². The summed E-state index contributed by atoms with van der Waals surface area (Å²) in [4.78, 5) is 0. The predicted molar refractivity (Wildman–Crippen MR) is 138 cm³/mol. The molecule has 0 bridgehead atoms. The Labute approximate surface area is 202 Å². The normalized spacial score (nSPS) is 33.4. The lowest BCUT2D eigenvalue weighted by Gasteiger charge is -2.52. The summed E-state index contributed by atoms with van der Waals surface area (Å²) in [7, 11) is -1.84. The van der Waals surface area contributed by atoms with Crippen LogP contribution in [0.5, 0.6) is 5.75 Å². The molecule has 0 amide bonds. The molecule has 0 spiro atoms. The minimum absolute atomic E-state index is 0.122. The van der Waals surface area contributed by atoms with Gasteiger partial charge in [-0.2, -0.15) is 0 Å². The number of unbranched alkanes of at least 4 members (excludes halogenated alkanes) is 1. The zero-order valence-electron chi connectivity index (χ0n) is 21.6. The second-order valence-corrected chi connectivity index (χ2v) is 17.3. The number of hydrogen-bond donors (Lipinski definition) is 2. The highest BCUT2D eigenvalue weighted by atomic mass is 28.4. The molecule has 33 heavy (non-hydrogen) atoms. The first-order chi connectivity index (χ1) is 15.4. The Morgan fingerprint density at radius 3 is 2.61 bits per heavy atom. The molecule has 0 aliphatic heterocycles. The van der Waals surface area contributed by atoms with Crippen LogP contribution in [0.25, 0.3) is 0 Å². The van der Waals surface area contributed by atoms with Crippen LogP contribution in [0.3, 0.4) is 0 Å². The number of aliphatic hydroxyl groups is 2. The first kappa shape index (κ1) is 24.8. The largest absolute Gasteiger partial charge is 0.543 e. The molecule has 3 aliphatic rings. The van der Waals surface area contributed by atoms with Crippen molar-refractivity contribution in [1.29, 1.82) is 0 Å². The Morgan fingerprint density at radius 2 is 1.91 bits per heavy atom. The van der Waals surface area contributed by atoms with Crippen LogP contribution < -0.4 is 4.43 Å². The predicted octanol–water partition coefficient (Wildman–Crippen LogP) is 6.43. The molecule has 0 heterocycles. The van der Waals surface area contributed by atoms with E-state index in [4.69, 9.17) is 9.53 Å². The molecule has 1 aromatic rings. The third-order valence-corrected chi connectivity index (χ3v) is 14.1. The van der Waals surface area contributed by atoms with Gasteiger partial charge in [-0.3, -0.25) is 0 Å². The molecule has 1 aromatic carbocycles. The van der Waals surface area contributed by atoms with Crippen LogP contribution >= 0.6 is 0 Å². The van der Waals surface area contributed by atoms with Gasteiger partial charge in [0.05, 0.1) is 0 Å². The SMILES string of the molecule is CC(C)(C)[Si](C)(C)Oc1ccc2c(c1)CC[C@@H]1[C@@H]2CC[C@@]2(C)[C@H]1CC[C@@]2(O)C#CCCCO. The molecule has 4 rings (SSSR count). The first-order valence-electron chi connectivity index (χ1n) is 13.1. The van der Waals surface area contributed by atoms with Crippen LogP contribution in [0, 0.1) is 29.1 Å². The van der Waals surface area contributed by atoms with Gasteiger partial charge in [0.15, 0.2) is 0 Å². The minimum atomic E-state index is -1.84. The van der Waals surface area contributed by atoms with E-state index in [9.17, 15) is 5.11 Å². The van der Waals surface area contributed by atoms with E-state index < -0.39 is 13.9 Å². The summed E-state index contributed by atoms with van der Waals surface area (Å²) in [6, 6.07) is 6.90. The Bertz CT molecular complexity index is 936. The minimum Gasteiger partial charge on any atom is -0.543 e. The van der Waals surface area contributed by atoms with Crippen molar-refractivity contribution in [2.75, 3.05) is 6.61 Å². The van der Waals surface area contributed by atoms with Gasteiger partial charge in [0.25, 0.3) is 0 Å². The molecule has 2 saturated carbocycles. The number of rotatable bonds is 4. The van der Waals surface area contributed by atoms with E-state index in [1.54, 1.807) is 0 Å². The van der Waals surface area contributed by atoms with Crippen molar-refractivity contribution in [1.82, 2.24) is 0 Å². The molecule has 2 fully saturated rings. The van der Waals surface area contributed by atoms with Crippen LogP contribution in [-0.2, 0) is 6.42 Å². The quantitative estimate of drug-likeness (QED) is 0.304. The highest BCUT2D eigenvalue weighted by molar-refractivity contribution is 6.74. The summed E-state index contributed by atoms with van der Waals surface area (Å²) in [5.41, 5.74) is 2.01. The Hall–Kier alpha value is -1.28. The van der Waals surface area contributed by atoms with Crippen molar-refractivity contribution >= 4 is 8.32 Å². The zero-order chi connectivity index (χ0) is 24.1. The summed E-state index contributed by atoms with van der Waals surface area (Å²) in [5, 5.41) is 20.8. The Kier molecular flexibility index (Phi) is 6.57. The van der Waals surface area contributed by atoms with E-state index in [0.717, 1.165) is 37.9 Å². The molecule has 0 radical (unpaired) electrons. The third-order valence-electron chi connectivity index (χ3n) is 9.78. The molecule has 5 atom stereocenters. The van der Waals surface area contributed by atoms with E-state index in [2.05, 4.69) is 70.8 Å². The summed E-state index contributed by atoms with van der Waals surface area (Å²) in [6.45, 7) is 14.0. The lowest BCUT2D eigenvalue weighted by atomic mass is 9.53. The highest BCUT2D eigenvalue weighted by Gasteiger charge is 2.61. The lowest BCUT2D eigenvalue weighted by molar-refractivity contribution is -0.0648. The number of fused-ring (bicyclic) bond motifs is 5. The summed E-state index contributed by atoms with van der Waals surface area (Å²) >= 11 is 0. The van der Waals surface area contributed by atoms with Gasteiger partial charge < -0.3 is 14.6 Å². The van der Waals surface area contributed by atoms with Gasteiger partial charge in [0.2, 0.25) is 8.32 Å². The van der Waals surface area contributed by atoms with Gasteiger partial charge in [-0.05, 0) is 104 Å². The highest BCUT2D eigenvalue weighted by Crippen LogP contribution is 2.64. The van der Waals surface area contributed by atoms with Crippen molar-refractivity contribution in [3.05, 3.63) is 29.3 Å². The molecule has 182 valence electrons. The van der Waals surface area contributed by atoms with E-state index in [0.29, 0.717) is 30.6 Å². The Morgan fingerprint density at radius 1 is 1.15 bits per heavy atom. The smallest absolute Gasteiger partial charge is 0.250 e. The van der Waals surface area contributed by atoms with Gasteiger partial charge in [-0.1, -0.05) is 39.7 Å². The summed E-state index contributed by atoms with van der Waals surface area (Å²) in [6.07, 6.45) is 7.69. The standard InChI is InChI=1S/C29H44O3Si/c1-27(2,3)33(5,6)32-22-11-13-23-21(20-22)10-12-25-24(23)14-17-28(4)26(25)15-18-29(28,31)16-8-7-9-19-30/h11,13,20,24-26,30-31H,7,9-10,12,14-15,17-19H2,1-6H3/t24-,25-,26+,28+,29+/m1/s1. The first-order valence-corrected chi connectivity index (χ1v) is 16.0. The number of aliphatic hydroxyl groups excluding tert-OH is 1. The van der Waals surface area contributed by atoms with Crippen LogP contribution in [0.2, 0.25) is 18.1 Å². The van der Waals surface area contributed by atoms with Crippen LogP contribution in [0.4, 0.5) is 0 Å². The van der Waals surface area contributed by atoms with Crippen LogP contribution in [0.1, 0.15) is 89.7 Å². The number of benzene rings is 1. The maximum absolute atomic E-state index is 11.6. The molecule has 3 aliphatic carbocycles.